The maximum absolute atomic E-state index is 12.1. The van der Waals surface area contributed by atoms with Crippen molar-refractivity contribution in [1.29, 1.82) is 0 Å². The normalized spacial score (nSPS) is 16.6. The lowest BCUT2D eigenvalue weighted by molar-refractivity contribution is 0.120. The number of sulfone groups is 1. The maximum Gasteiger partial charge on any atom is 0.407 e. The molecule has 1 aliphatic rings. The summed E-state index contributed by atoms with van der Waals surface area (Å²) in [6.45, 7) is 0.0987. The quantitative estimate of drug-likeness (QED) is 0.898. The molecule has 1 saturated heterocycles. The first kappa shape index (κ1) is 12.4. The first-order chi connectivity index (χ1) is 7.91. The van der Waals surface area contributed by atoms with Crippen molar-refractivity contribution < 1.29 is 18.3 Å². The second-order valence-corrected chi connectivity index (χ2v) is 6.95. The smallest absolute Gasteiger partial charge is 0.407 e. The molecule has 0 saturated carbocycles. The summed E-state index contributed by atoms with van der Waals surface area (Å²) in [7, 11) is -3.41. The molecule has 0 spiro atoms. The van der Waals surface area contributed by atoms with Gasteiger partial charge in [0.1, 0.15) is 5.25 Å². The first-order valence-electron chi connectivity index (χ1n) is 4.88. The zero-order valence-corrected chi connectivity index (χ0v) is 11.1. The summed E-state index contributed by atoms with van der Waals surface area (Å²) >= 11 is 3.23. The molecule has 0 bridgehead atoms. The Balaban J connectivity index is 2.16. The number of hydrogen-bond donors (Lipinski definition) is 1. The molecule has 7 heteroatoms. The third-order valence-corrected chi connectivity index (χ3v) is 5.33. The molecule has 1 aromatic rings. The summed E-state index contributed by atoms with van der Waals surface area (Å²) in [5.41, 5.74) is 0. The van der Waals surface area contributed by atoms with E-state index in [2.05, 4.69) is 15.9 Å². The van der Waals surface area contributed by atoms with Crippen LogP contribution in [-0.4, -0.2) is 42.9 Å². The Morgan fingerprint density at radius 1 is 1.29 bits per heavy atom. The zero-order chi connectivity index (χ0) is 12.6. The van der Waals surface area contributed by atoms with E-state index >= 15 is 0 Å². The van der Waals surface area contributed by atoms with Gasteiger partial charge >= 0.3 is 6.09 Å². The molecule has 1 aromatic carbocycles. The molecule has 1 heterocycles. The molecule has 0 aromatic heterocycles. The zero-order valence-electron chi connectivity index (χ0n) is 8.71. The second kappa shape index (κ2) is 4.30. The fourth-order valence-electron chi connectivity index (χ4n) is 1.61. The van der Waals surface area contributed by atoms with E-state index in [9.17, 15) is 13.2 Å². The molecule has 1 fully saturated rings. The van der Waals surface area contributed by atoms with Crippen molar-refractivity contribution in [1.82, 2.24) is 4.90 Å². The summed E-state index contributed by atoms with van der Waals surface area (Å²) in [5.74, 6) is 0. The van der Waals surface area contributed by atoms with Gasteiger partial charge in [0.15, 0.2) is 9.84 Å². The minimum atomic E-state index is -3.41. The molecule has 0 unspecified atom stereocenters. The van der Waals surface area contributed by atoms with Crippen LogP contribution in [0.15, 0.2) is 33.6 Å². The van der Waals surface area contributed by atoms with Crippen LogP contribution < -0.4 is 0 Å². The van der Waals surface area contributed by atoms with Crippen molar-refractivity contribution in [3.05, 3.63) is 28.7 Å². The number of nitrogens with zero attached hydrogens (tertiary/aromatic N) is 1. The van der Waals surface area contributed by atoms with Gasteiger partial charge in [0, 0.05) is 17.6 Å². The Bertz CT molecular complexity index is 534. The average Bonchev–Trinajstić information content (AvgIpc) is 2.14. The van der Waals surface area contributed by atoms with Crippen LogP contribution in [0.1, 0.15) is 0 Å². The van der Waals surface area contributed by atoms with Gasteiger partial charge in [0.05, 0.1) is 4.90 Å². The van der Waals surface area contributed by atoms with Crippen LogP contribution >= 0.6 is 15.9 Å². The highest BCUT2D eigenvalue weighted by molar-refractivity contribution is 9.10. The minimum Gasteiger partial charge on any atom is -0.465 e. The lowest BCUT2D eigenvalue weighted by Crippen LogP contribution is -2.56. The highest BCUT2D eigenvalue weighted by Crippen LogP contribution is 2.24. The molecule has 1 aliphatic heterocycles. The number of rotatable bonds is 2. The van der Waals surface area contributed by atoms with Gasteiger partial charge in [-0.2, -0.15) is 0 Å². The van der Waals surface area contributed by atoms with E-state index in [1.165, 1.54) is 12.1 Å². The molecule has 0 aliphatic carbocycles. The predicted octanol–water partition coefficient (Wildman–Crippen LogP) is 1.59. The van der Waals surface area contributed by atoms with Crippen molar-refractivity contribution in [2.75, 3.05) is 13.1 Å². The van der Waals surface area contributed by atoms with Gasteiger partial charge in [0.2, 0.25) is 0 Å². The molecule has 17 heavy (non-hydrogen) atoms. The van der Waals surface area contributed by atoms with E-state index in [4.69, 9.17) is 5.11 Å². The van der Waals surface area contributed by atoms with Gasteiger partial charge in [-0.25, -0.2) is 13.2 Å². The molecule has 92 valence electrons. The lowest BCUT2D eigenvalue weighted by Gasteiger charge is -2.36. The Hall–Kier alpha value is -1.08. The monoisotopic (exact) mass is 319 g/mol. The number of halogens is 1. The van der Waals surface area contributed by atoms with Gasteiger partial charge in [0.25, 0.3) is 0 Å². The maximum atomic E-state index is 12.1. The molecule has 1 N–H and O–H groups in total. The summed E-state index contributed by atoms with van der Waals surface area (Å²) in [5, 5.41) is 8.02. The number of benzene rings is 1. The van der Waals surface area contributed by atoms with Crippen LogP contribution in [0.5, 0.6) is 0 Å². The van der Waals surface area contributed by atoms with E-state index in [1.54, 1.807) is 12.1 Å². The molecule has 1 amide bonds. The third-order valence-electron chi connectivity index (χ3n) is 2.70. The van der Waals surface area contributed by atoms with Gasteiger partial charge in [-0.3, -0.25) is 0 Å². The van der Waals surface area contributed by atoms with Crippen molar-refractivity contribution in [2.45, 2.75) is 10.1 Å². The van der Waals surface area contributed by atoms with Crippen LogP contribution in [0, 0.1) is 0 Å². The number of likely N-dealkylation sites (tertiary alicyclic amines) is 1. The van der Waals surface area contributed by atoms with Crippen molar-refractivity contribution in [2.24, 2.45) is 0 Å². The molecule has 0 radical (unpaired) electrons. The minimum absolute atomic E-state index is 0.0493. The van der Waals surface area contributed by atoms with E-state index < -0.39 is 21.2 Å². The number of amides is 1. The Labute approximate surface area is 107 Å². The molecule has 0 atom stereocenters. The van der Waals surface area contributed by atoms with Crippen molar-refractivity contribution in [3.8, 4) is 0 Å². The van der Waals surface area contributed by atoms with Gasteiger partial charge in [-0.15, -0.1) is 0 Å². The average molecular weight is 320 g/mol. The largest absolute Gasteiger partial charge is 0.465 e. The number of hydrogen-bond acceptors (Lipinski definition) is 3. The van der Waals surface area contributed by atoms with E-state index in [-0.39, 0.29) is 18.0 Å². The first-order valence-corrected chi connectivity index (χ1v) is 7.22. The molecule has 2 rings (SSSR count). The van der Waals surface area contributed by atoms with Gasteiger partial charge < -0.3 is 10.0 Å². The number of carbonyl (C=O) groups is 1. The number of carboxylic acid groups (broad SMARTS) is 1. The fraction of sp³-hybridized carbons (Fsp3) is 0.300. The second-order valence-electron chi connectivity index (χ2n) is 3.81. The highest BCUT2D eigenvalue weighted by Gasteiger charge is 2.40. The molecule has 5 nitrogen and oxygen atoms in total. The van der Waals surface area contributed by atoms with Crippen LogP contribution in [0.4, 0.5) is 4.79 Å². The van der Waals surface area contributed by atoms with E-state index in [1.807, 2.05) is 0 Å². The fourth-order valence-corrected chi connectivity index (χ4v) is 3.52. The summed E-state index contributed by atoms with van der Waals surface area (Å²) < 4.78 is 24.9. The lowest BCUT2D eigenvalue weighted by atomic mass is 10.2. The van der Waals surface area contributed by atoms with Gasteiger partial charge in [-0.1, -0.05) is 15.9 Å². The predicted molar refractivity (Wildman–Crippen MR) is 64.7 cm³/mol. The summed E-state index contributed by atoms with van der Waals surface area (Å²) in [6, 6.07) is 6.34. The van der Waals surface area contributed by atoms with Crippen molar-refractivity contribution in [3.63, 3.8) is 0 Å². The highest BCUT2D eigenvalue weighted by atomic mass is 79.9. The van der Waals surface area contributed by atoms with Crippen LogP contribution in [0.3, 0.4) is 0 Å². The van der Waals surface area contributed by atoms with Gasteiger partial charge in [-0.05, 0) is 24.3 Å². The van der Waals surface area contributed by atoms with Crippen LogP contribution in [0.2, 0.25) is 0 Å². The Morgan fingerprint density at radius 2 is 1.82 bits per heavy atom. The SMILES string of the molecule is O=C(O)N1CC(S(=O)(=O)c2ccc(Br)cc2)C1. The summed E-state index contributed by atoms with van der Waals surface area (Å²) in [4.78, 5) is 11.9. The van der Waals surface area contributed by atoms with E-state index in [0.29, 0.717) is 0 Å². The van der Waals surface area contributed by atoms with Crippen LogP contribution in [0.25, 0.3) is 0 Å². The van der Waals surface area contributed by atoms with Crippen molar-refractivity contribution >= 4 is 31.9 Å². The Kier molecular flexibility index (Phi) is 3.13. The van der Waals surface area contributed by atoms with Crippen LogP contribution in [-0.2, 0) is 9.84 Å². The standard InChI is InChI=1S/C10H10BrNO4S/c11-7-1-3-8(4-2-7)17(15,16)9-5-12(6-9)10(13)14/h1-4,9H,5-6H2,(H,13,14). The molecular weight excluding hydrogens is 310 g/mol. The topological polar surface area (TPSA) is 74.7 Å². The Morgan fingerprint density at radius 3 is 2.29 bits per heavy atom. The third kappa shape index (κ3) is 2.30. The molecular formula is C10H10BrNO4S. The van der Waals surface area contributed by atoms with E-state index in [0.717, 1.165) is 9.37 Å². The summed E-state index contributed by atoms with van der Waals surface area (Å²) in [6.07, 6.45) is -1.08.